The van der Waals surface area contributed by atoms with Crippen LogP contribution in [0.3, 0.4) is 0 Å². The predicted octanol–water partition coefficient (Wildman–Crippen LogP) is 1.86. The smallest absolute Gasteiger partial charge is 0.0713 e. The standard InChI is InChI=1S/C7H10N2S/c1-2-7(10)6-5-8-3-4-9-6/h3-5,7,10H,2H2,1H3. The summed E-state index contributed by atoms with van der Waals surface area (Å²) in [6, 6.07) is 0. The van der Waals surface area contributed by atoms with Crippen molar-refractivity contribution in [2.75, 3.05) is 0 Å². The summed E-state index contributed by atoms with van der Waals surface area (Å²) in [5.41, 5.74) is 0.952. The molecule has 1 aromatic heterocycles. The molecule has 0 aliphatic carbocycles. The maximum absolute atomic E-state index is 4.32. The second kappa shape index (κ2) is 3.56. The van der Waals surface area contributed by atoms with Gasteiger partial charge in [-0.05, 0) is 6.42 Å². The van der Waals surface area contributed by atoms with E-state index >= 15 is 0 Å². The molecule has 1 heterocycles. The highest BCUT2D eigenvalue weighted by molar-refractivity contribution is 7.80. The molecular weight excluding hydrogens is 144 g/mol. The fourth-order valence-electron chi connectivity index (χ4n) is 0.692. The maximum Gasteiger partial charge on any atom is 0.0713 e. The molecule has 3 heteroatoms. The molecule has 0 bridgehead atoms. The van der Waals surface area contributed by atoms with Crippen molar-refractivity contribution >= 4 is 12.6 Å². The third-order valence-electron chi connectivity index (χ3n) is 1.31. The molecule has 1 atom stereocenters. The fourth-order valence-corrected chi connectivity index (χ4v) is 0.825. The SMILES string of the molecule is CCC(S)c1cnccn1. The van der Waals surface area contributed by atoms with Crippen LogP contribution in [-0.2, 0) is 0 Å². The summed E-state index contributed by atoms with van der Waals surface area (Å²) < 4.78 is 0. The zero-order valence-electron chi connectivity index (χ0n) is 5.86. The molecule has 0 aromatic carbocycles. The number of nitrogens with zero attached hydrogens (tertiary/aromatic N) is 2. The van der Waals surface area contributed by atoms with Crippen LogP contribution in [0.4, 0.5) is 0 Å². The highest BCUT2D eigenvalue weighted by Crippen LogP contribution is 2.18. The lowest BCUT2D eigenvalue weighted by molar-refractivity contribution is 0.853. The summed E-state index contributed by atoms with van der Waals surface area (Å²) in [5.74, 6) is 0. The van der Waals surface area contributed by atoms with Gasteiger partial charge in [0.1, 0.15) is 0 Å². The van der Waals surface area contributed by atoms with E-state index in [9.17, 15) is 0 Å². The molecule has 0 N–H and O–H groups in total. The van der Waals surface area contributed by atoms with E-state index in [1.165, 1.54) is 0 Å². The Balaban J connectivity index is 2.75. The van der Waals surface area contributed by atoms with E-state index in [1.54, 1.807) is 18.6 Å². The lowest BCUT2D eigenvalue weighted by Gasteiger charge is -2.03. The third-order valence-corrected chi connectivity index (χ3v) is 1.94. The Morgan fingerprint density at radius 2 is 2.40 bits per heavy atom. The monoisotopic (exact) mass is 154 g/mol. The Hall–Kier alpha value is -0.570. The molecule has 0 fully saturated rings. The van der Waals surface area contributed by atoms with E-state index in [2.05, 4.69) is 29.5 Å². The number of hydrogen-bond acceptors (Lipinski definition) is 3. The van der Waals surface area contributed by atoms with Crippen LogP contribution in [0, 0.1) is 0 Å². The topological polar surface area (TPSA) is 25.8 Å². The first-order valence-electron chi connectivity index (χ1n) is 3.28. The van der Waals surface area contributed by atoms with Gasteiger partial charge in [0.05, 0.1) is 5.69 Å². The molecule has 0 saturated carbocycles. The summed E-state index contributed by atoms with van der Waals surface area (Å²) in [7, 11) is 0. The molecular formula is C7H10N2S. The van der Waals surface area contributed by atoms with Gasteiger partial charge in [-0.25, -0.2) is 0 Å². The maximum atomic E-state index is 4.32. The first-order chi connectivity index (χ1) is 4.84. The van der Waals surface area contributed by atoms with Gasteiger partial charge in [0.15, 0.2) is 0 Å². The molecule has 1 rings (SSSR count). The Morgan fingerprint density at radius 1 is 1.60 bits per heavy atom. The number of hydrogen-bond donors (Lipinski definition) is 1. The van der Waals surface area contributed by atoms with Crippen molar-refractivity contribution in [1.29, 1.82) is 0 Å². The summed E-state index contributed by atoms with van der Waals surface area (Å²) in [6.07, 6.45) is 6.09. The summed E-state index contributed by atoms with van der Waals surface area (Å²) in [5, 5.41) is 0.230. The minimum atomic E-state index is 0.230. The van der Waals surface area contributed by atoms with Crippen molar-refractivity contribution in [3.05, 3.63) is 24.3 Å². The second-order valence-corrected chi connectivity index (χ2v) is 2.68. The molecule has 0 amide bonds. The highest BCUT2D eigenvalue weighted by atomic mass is 32.1. The van der Waals surface area contributed by atoms with Crippen molar-refractivity contribution in [3.63, 3.8) is 0 Å². The van der Waals surface area contributed by atoms with Crippen LogP contribution < -0.4 is 0 Å². The van der Waals surface area contributed by atoms with E-state index < -0.39 is 0 Å². The first kappa shape index (κ1) is 7.54. The van der Waals surface area contributed by atoms with E-state index in [0.717, 1.165) is 12.1 Å². The van der Waals surface area contributed by atoms with Gasteiger partial charge in [-0.2, -0.15) is 12.6 Å². The van der Waals surface area contributed by atoms with E-state index in [-0.39, 0.29) is 5.25 Å². The molecule has 0 radical (unpaired) electrons. The van der Waals surface area contributed by atoms with Crippen molar-refractivity contribution in [3.8, 4) is 0 Å². The van der Waals surface area contributed by atoms with Crippen LogP contribution in [0.2, 0.25) is 0 Å². The van der Waals surface area contributed by atoms with E-state index in [0.29, 0.717) is 0 Å². The average Bonchev–Trinajstić information content (AvgIpc) is 2.05. The number of thiol groups is 1. The molecule has 0 aliphatic rings. The predicted molar refractivity (Wildman–Crippen MR) is 44.1 cm³/mol. The Labute approximate surface area is 66.1 Å². The zero-order valence-corrected chi connectivity index (χ0v) is 6.75. The Bertz CT molecular complexity index is 188. The third kappa shape index (κ3) is 1.70. The normalized spacial score (nSPS) is 13.0. The molecule has 1 unspecified atom stereocenters. The van der Waals surface area contributed by atoms with Crippen molar-refractivity contribution in [2.45, 2.75) is 18.6 Å². The molecule has 0 aliphatic heterocycles. The summed E-state index contributed by atoms with van der Waals surface area (Å²) in [4.78, 5) is 8.05. The number of aromatic nitrogens is 2. The highest BCUT2D eigenvalue weighted by Gasteiger charge is 2.02. The molecule has 2 nitrogen and oxygen atoms in total. The van der Waals surface area contributed by atoms with Crippen LogP contribution in [0.25, 0.3) is 0 Å². The molecule has 0 spiro atoms. The van der Waals surface area contributed by atoms with Crippen LogP contribution in [-0.4, -0.2) is 9.97 Å². The average molecular weight is 154 g/mol. The van der Waals surface area contributed by atoms with Crippen LogP contribution in [0.15, 0.2) is 18.6 Å². The largest absolute Gasteiger partial charge is 0.261 e. The van der Waals surface area contributed by atoms with Crippen LogP contribution in [0.5, 0.6) is 0 Å². The van der Waals surface area contributed by atoms with Gasteiger partial charge in [0, 0.05) is 23.8 Å². The van der Waals surface area contributed by atoms with Gasteiger partial charge in [-0.3, -0.25) is 9.97 Å². The molecule has 0 saturated heterocycles. The van der Waals surface area contributed by atoms with Crippen molar-refractivity contribution in [2.24, 2.45) is 0 Å². The molecule has 1 aromatic rings. The number of rotatable bonds is 2. The van der Waals surface area contributed by atoms with Gasteiger partial charge < -0.3 is 0 Å². The minimum absolute atomic E-state index is 0.230. The summed E-state index contributed by atoms with van der Waals surface area (Å²) >= 11 is 4.32. The van der Waals surface area contributed by atoms with Gasteiger partial charge in [-0.15, -0.1) is 0 Å². The van der Waals surface area contributed by atoms with E-state index in [4.69, 9.17) is 0 Å². The quantitative estimate of drug-likeness (QED) is 0.658. The van der Waals surface area contributed by atoms with Gasteiger partial charge in [-0.1, -0.05) is 6.92 Å². The van der Waals surface area contributed by atoms with Crippen LogP contribution >= 0.6 is 12.6 Å². The molecule has 54 valence electrons. The van der Waals surface area contributed by atoms with Gasteiger partial charge in [0.2, 0.25) is 0 Å². The Morgan fingerprint density at radius 3 is 2.90 bits per heavy atom. The molecule has 10 heavy (non-hydrogen) atoms. The van der Waals surface area contributed by atoms with Gasteiger partial charge in [0.25, 0.3) is 0 Å². The summed E-state index contributed by atoms with van der Waals surface area (Å²) in [6.45, 7) is 2.08. The fraction of sp³-hybridized carbons (Fsp3) is 0.429. The zero-order chi connectivity index (χ0) is 7.40. The first-order valence-corrected chi connectivity index (χ1v) is 3.80. The van der Waals surface area contributed by atoms with Crippen molar-refractivity contribution in [1.82, 2.24) is 9.97 Å². The van der Waals surface area contributed by atoms with Gasteiger partial charge >= 0.3 is 0 Å². The minimum Gasteiger partial charge on any atom is -0.261 e. The lowest BCUT2D eigenvalue weighted by atomic mass is 10.2. The second-order valence-electron chi connectivity index (χ2n) is 2.05. The van der Waals surface area contributed by atoms with Crippen LogP contribution in [0.1, 0.15) is 24.3 Å². The van der Waals surface area contributed by atoms with E-state index in [1.807, 2.05) is 0 Å². The van der Waals surface area contributed by atoms with Crippen molar-refractivity contribution < 1.29 is 0 Å². The lowest BCUT2D eigenvalue weighted by Crippen LogP contribution is -1.92. The Kier molecular flexibility index (Phi) is 2.68.